The van der Waals surface area contributed by atoms with E-state index in [1.54, 1.807) is 0 Å². The molecule has 2 N–H and O–H groups in total. The Balaban J connectivity index is 2.84. The largest absolute Gasteiger partial charge is 0.322 e. The van der Waals surface area contributed by atoms with Crippen molar-refractivity contribution in [2.75, 3.05) is 0 Å². The summed E-state index contributed by atoms with van der Waals surface area (Å²) in [7, 11) is 0. The number of rotatable bonds is 0. The molecule has 0 aromatic carbocycles. The van der Waals surface area contributed by atoms with E-state index < -0.39 is 0 Å². The highest BCUT2D eigenvalue weighted by molar-refractivity contribution is 9.11. The number of allylic oxidation sites excluding steroid dienone is 2. The second kappa shape index (κ2) is 2.51. The molecule has 0 heterocycles. The Morgan fingerprint density at radius 1 is 1.70 bits per heavy atom. The summed E-state index contributed by atoms with van der Waals surface area (Å²) in [6, 6.07) is 0. The molecule has 0 spiro atoms. The molecule has 0 aromatic rings. The van der Waals surface area contributed by atoms with Crippen molar-refractivity contribution in [3.05, 3.63) is 22.7 Å². The zero-order valence-corrected chi connectivity index (χ0v) is 7.85. The van der Waals surface area contributed by atoms with E-state index in [0.717, 1.165) is 4.48 Å². The highest BCUT2D eigenvalue weighted by Crippen LogP contribution is 2.26. The predicted octanol–water partition coefficient (Wildman–Crippen LogP) is 2.19. The van der Waals surface area contributed by atoms with Crippen LogP contribution in [0.25, 0.3) is 0 Å². The molecule has 0 radical (unpaired) electrons. The van der Waals surface area contributed by atoms with E-state index in [0.29, 0.717) is 5.92 Å². The van der Waals surface area contributed by atoms with Crippen LogP contribution in [0.3, 0.4) is 0 Å². The van der Waals surface area contributed by atoms with Crippen molar-refractivity contribution in [2.45, 2.75) is 19.4 Å². The van der Waals surface area contributed by atoms with Crippen LogP contribution in [-0.2, 0) is 0 Å². The summed E-state index contributed by atoms with van der Waals surface area (Å²) in [5.74, 6) is 0.409. The van der Waals surface area contributed by atoms with Crippen LogP contribution in [0, 0.1) is 5.92 Å². The van der Waals surface area contributed by atoms with Gasteiger partial charge in [0.15, 0.2) is 0 Å². The van der Waals surface area contributed by atoms with Crippen molar-refractivity contribution in [1.82, 2.24) is 0 Å². The fourth-order valence-electron chi connectivity index (χ4n) is 0.885. The molecular formula is C8H12BrN. The maximum absolute atomic E-state index is 5.93. The van der Waals surface area contributed by atoms with Crippen LogP contribution < -0.4 is 5.73 Å². The van der Waals surface area contributed by atoms with Crippen molar-refractivity contribution >= 4 is 15.9 Å². The van der Waals surface area contributed by atoms with Gasteiger partial charge in [-0.25, -0.2) is 0 Å². The molecule has 0 aliphatic heterocycles. The minimum absolute atomic E-state index is 0.169. The van der Waals surface area contributed by atoms with E-state index >= 15 is 0 Å². The lowest BCUT2D eigenvalue weighted by Crippen LogP contribution is -2.41. The summed E-state index contributed by atoms with van der Waals surface area (Å²) in [4.78, 5) is 0. The van der Waals surface area contributed by atoms with Crippen LogP contribution in [0.2, 0.25) is 0 Å². The maximum Gasteiger partial charge on any atom is 0.0375 e. The van der Waals surface area contributed by atoms with Gasteiger partial charge in [-0.2, -0.15) is 0 Å². The Morgan fingerprint density at radius 3 is 2.70 bits per heavy atom. The Kier molecular flexibility index (Phi) is 2.02. The molecule has 1 aliphatic rings. The Bertz CT molecular complexity index is 191. The first-order chi connectivity index (χ1) is 4.52. The van der Waals surface area contributed by atoms with E-state index in [2.05, 4.69) is 28.9 Å². The third-order valence-corrected chi connectivity index (χ3v) is 2.52. The molecular weight excluding hydrogens is 190 g/mol. The standard InChI is InChI=1S/C8H12BrN/c1-6-5-7(9)3-4-8(6,2)10/h3-6H,10H2,1-2H3. The third kappa shape index (κ3) is 1.50. The molecule has 2 atom stereocenters. The number of nitrogens with two attached hydrogens (primary N) is 1. The minimum atomic E-state index is -0.169. The van der Waals surface area contributed by atoms with Gasteiger partial charge in [-0.15, -0.1) is 0 Å². The summed E-state index contributed by atoms with van der Waals surface area (Å²) >= 11 is 3.40. The zero-order chi connectivity index (χ0) is 7.78. The number of halogens is 1. The van der Waals surface area contributed by atoms with E-state index in [9.17, 15) is 0 Å². The van der Waals surface area contributed by atoms with Crippen LogP contribution in [0.15, 0.2) is 22.7 Å². The first-order valence-electron chi connectivity index (χ1n) is 3.38. The van der Waals surface area contributed by atoms with E-state index in [4.69, 9.17) is 5.73 Å². The van der Waals surface area contributed by atoms with Crippen molar-refractivity contribution in [3.8, 4) is 0 Å². The van der Waals surface area contributed by atoms with Gasteiger partial charge in [-0.1, -0.05) is 41.1 Å². The molecule has 0 saturated heterocycles. The lowest BCUT2D eigenvalue weighted by molar-refractivity contribution is 0.455. The quantitative estimate of drug-likeness (QED) is 0.640. The van der Waals surface area contributed by atoms with Gasteiger partial charge in [0.25, 0.3) is 0 Å². The Hall–Kier alpha value is -0.0800. The monoisotopic (exact) mass is 201 g/mol. The Morgan fingerprint density at radius 2 is 2.30 bits per heavy atom. The van der Waals surface area contributed by atoms with Crippen LogP contribution in [0.5, 0.6) is 0 Å². The number of hydrogen-bond donors (Lipinski definition) is 1. The molecule has 10 heavy (non-hydrogen) atoms. The molecule has 1 nitrogen and oxygen atoms in total. The average molecular weight is 202 g/mol. The molecule has 2 heteroatoms. The van der Waals surface area contributed by atoms with Crippen molar-refractivity contribution in [1.29, 1.82) is 0 Å². The highest BCUT2D eigenvalue weighted by atomic mass is 79.9. The van der Waals surface area contributed by atoms with E-state index in [1.807, 2.05) is 19.1 Å². The second-order valence-electron chi connectivity index (χ2n) is 3.04. The first kappa shape index (κ1) is 8.02. The summed E-state index contributed by atoms with van der Waals surface area (Å²) in [6.07, 6.45) is 6.15. The lowest BCUT2D eigenvalue weighted by Gasteiger charge is -2.28. The maximum atomic E-state index is 5.93. The molecule has 0 amide bonds. The van der Waals surface area contributed by atoms with Crippen LogP contribution in [0.1, 0.15) is 13.8 Å². The summed E-state index contributed by atoms with van der Waals surface area (Å²) in [6.45, 7) is 4.15. The van der Waals surface area contributed by atoms with Crippen LogP contribution in [-0.4, -0.2) is 5.54 Å². The SMILES string of the molecule is CC1C=C(Br)C=CC1(C)N. The van der Waals surface area contributed by atoms with Gasteiger partial charge < -0.3 is 5.73 Å². The van der Waals surface area contributed by atoms with Crippen molar-refractivity contribution in [2.24, 2.45) is 11.7 Å². The molecule has 1 rings (SSSR count). The normalized spacial score (nSPS) is 39.6. The first-order valence-corrected chi connectivity index (χ1v) is 4.17. The Labute approximate surface area is 70.1 Å². The molecule has 0 aromatic heterocycles. The lowest BCUT2D eigenvalue weighted by atomic mass is 9.85. The van der Waals surface area contributed by atoms with Crippen LogP contribution in [0.4, 0.5) is 0 Å². The molecule has 0 fully saturated rings. The van der Waals surface area contributed by atoms with Gasteiger partial charge in [-0.05, 0) is 12.8 Å². The second-order valence-corrected chi connectivity index (χ2v) is 3.96. The summed E-state index contributed by atoms with van der Waals surface area (Å²) < 4.78 is 1.13. The fourth-order valence-corrected chi connectivity index (χ4v) is 1.41. The molecule has 56 valence electrons. The van der Waals surface area contributed by atoms with Gasteiger partial charge in [0.1, 0.15) is 0 Å². The molecule has 1 aliphatic carbocycles. The predicted molar refractivity (Wildman–Crippen MR) is 47.9 cm³/mol. The van der Waals surface area contributed by atoms with Gasteiger partial charge in [0.05, 0.1) is 0 Å². The summed E-state index contributed by atoms with van der Waals surface area (Å²) in [5, 5.41) is 0. The van der Waals surface area contributed by atoms with E-state index in [-0.39, 0.29) is 5.54 Å². The van der Waals surface area contributed by atoms with Gasteiger partial charge in [0.2, 0.25) is 0 Å². The van der Waals surface area contributed by atoms with E-state index in [1.165, 1.54) is 0 Å². The third-order valence-electron chi connectivity index (χ3n) is 1.99. The van der Waals surface area contributed by atoms with Crippen molar-refractivity contribution < 1.29 is 0 Å². The smallest absolute Gasteiger partial charge is 0.0375 e. The average Bonchev–Trinajstić information content (AvgIpc) is 1.81. The number of hydrogen-bond acceptors (Lipinski definition) is 1. The van der Waals surface area contributed by atoms with Gasteiger partial charge >= 0.3 is 0 Å². The molecule has 0 saturated carbocycles. The summed E-state index contributed by atoms with van der Waals surface area (Å²) in [5.41, 5.74) is 5.76. The van der Waals surface area contributed by atoms with Gasteiger partial charge in [-0.3, -0.25) is 0 Å². The minimum Gasteiger partial charge on any atom is -0.322 e. The topological polar surface area (TPSA) is 26.0 Å². The molecule has 2 unspecified atom stereocenters. The van der Waals surface area contributed by atoms with Gasteiger partial charge in [0, 0.05) is 10.0 Å². The highest BCUT2D eigenvalue weighted by Gasteiger charge is 2.23. The molecule has 0 bridgehead atoms. The fraction of sp³-hybridized carbons (Fsp3) is 0.500. The zero-order valence-electron chi connectivity index (χ0n) is 6.26. The van der Waals surface area contributed by atoms with Crippen LogP contribution >= 0.6 is 15.9 Å². The van der Waals surface area contributed by atoms with Crippen molar-refractivity contribution in [3.63, 3.8) is 0 Å².